The first-order valence-corrected chi connectivity index (χ1v) is 7.73. The van der Waals surface area contributed by atoms with Gasteiger partial charge >= 0.3 is 0 Å². The van der Waals surface area contributed by atoms with Gasteiger partial charge in [0, 0.05) is 0 Å². The van der Waals surface area contributed by atoms with Crippen molar-refractivity contribution < 1.29 is 19.0 Å². The van der Waals surface area contributed by atoms with Crippen LogP contribution in [0.3, 0.4) is 0 Å². The van der Waals surface area contributed by atoms with Crippen molar-refractivity contribution in [3.8, 4) is 17.2 Å². The molecule has 0 aromatic heterocycles. The van der Waals surface area contributed by atoms with Crippen LogP contribution < -0.4 is 19.9 Å². The summed E-state index contributed by atoms with van der Waals surface area (Å²) < 4.78 is 16.3. The fourth-order valence-electron chi connectivity index (χ4n) is 2.33. The smallest absolute Gasteiger partial charge is 0.179 e. The molecule has 0 spiro atoms. The van der Waals surface area contributed by atoms with Crippen molar-refractivity contribution >= 4 is 17.4 Å². The first-order chi connectivity index (χ1) is 11.7. The SMILES string of the molecule is COc1ccccc1/C(N)=N/OCc1cc(Cl)c2c(c1)OCCO2. The topological polar surface area (TPSA) is 75.3 Å². The molecule has 1 aliphatic rings. The molecular weight excluding hydrogens is 332 g/mol. The van der Waals surface area contributed by atoms with E-state index >= 15 is 0 Å². The maximum absolute atomic E-state index is 6.19. The lowest BCUT2D eigenvalue weighted by molar-refractivity contribution is 0.129. The molecule has 6 nitrogen and oxygen atoms in total. The number of hydrogen-bond acceptors (Lipinski definition) is 5. The molecule has 0 saturated heterocycles. The van der Waals surface area contributed by atoms with Gasteiger partial charge in [-0.15, -0.1) is 0 Å². The Labute approximate surface area is 144 Å². The van der Waals surface area contributed by atoms with Crippen LogP contribution in [0.2, 0.25) is 5.02 Å². The Kier molecular flexibility index (Phi) is 4.96. The second-order valence-corrected chi connectivity index (χ2v) is 5.46. The van der Waals surface area contributed by atoms with Crippen LogP contribution in [0.4, 0.5) is 0 Å². The number of nitrogens with zero attached hydrogens (tertiary/aromatic N) is 1. The van der Waals surface area contributed by atoms with Gasteiger partial charge < -0.3 is 24.8 Å². The number of para-hydroxylation sites is 1. The van der Waals surface area contributed by atoms with Crippen molar-refractivity contribution in [1.29, 1.82) is 0 Å². The number of fused-ring (bicyclic) bond motifs is 1. The summed E-state index contributed by atoms with van der Waals surface area (Å²) in [7, 11) is 1.57. The number of methoxy groups -OCH3 is 1. The fraction of sp³-hybridized carbons (Fsp3) is 0.235. The van der Waals surface area contributed by atoms with Crippen molar-refractivity contribution in [1.82, 2.24) is 0 Å². The summed E-state index contributed by atoms with van der Waals surface area (Å²) >= 11 is 6.19. The van der Waals surface area contributed by atoms with E-state index < -0.39 is 0 Å². The Bertz CT molecular complexity index is 764. The van der Waals surface area contributed by atoms with E-state index in [0.717, 1.165) is 5.56 Å². The van der Waals surface area contributed by atoms with Crippen LogP contribution in [-0.4, -0.2) is 26.2 Å². The molecule has 0 radical (unpaired) electrons. The quantitative estimate of drug-likeness (QED) is 0.511. The van der Waals surface area contributed by atoms with Gasteiger partial charge in [0.15, 0.2) is 17.3 Å². The van der Waals surface area contributed by atoms with Crippen LogP contribution in [0.1, 0.15) is 11.1 Å². The van der Waals surface area contributed by atoms with Gasteiger partial charge in [-0.3, -0.25) is 0 Å². The highest BCUT2D eigenvalue weighted by molar-refractivity contribution is 6.32. The van der Waals surface area contributed by atoms with E-state index in [0.29, 0.717) is 41.0 Å². The predicted octanol–water partition coefficient (Wildman–Crippen LogP) is 2.96. The normalized spacial score (nSPS) is 13.5. The summed E-state index contributed by atoms with van der Waals surface area (Å²) in [6, 6.07) is 10.9. The predicted molar refractivity (Wildman–Crippen MR) is 90.9 cm³/mol. The summed E-state index contributed by atoms with van der Waals surface area (Å²) in [4.78, 5) is 5.33. The fourth-order valence-corrected chi connectivity index (χ4v) is 2.62. The van der Waals surface area contributed by atoms with Crippen molar-refractivity contribution in [2.24, 2.45) is 10.9 Å². The molecule has 0 fully saturated rings. The van der Waals surface area contributed by atoms with Gasteiger partial charge in [-0.1, -0.05) is 28.9 Å². The molecule has 7 heteroatoms. The molecule has 1 aliphatic heterocycles. The lowest BCUT2D eigenvalue weighted by Gasteiger charge is -2.20. The van der Waals surface area contributed by atoms with Crippen LogP contribution in [0.15, 0.2) is 41.6 Å². The zero-order valence-electron chi connectivity index (χ0n) is 13.1. The Morgan fingerprint density at radius 2 is 2.04 bits per heavy atom. The van der Waals surface area contributed by atoms with E-state index in [1.807, 2.05) is 24.3 Å². The summed E-state index contributed by atoms with van der Waals surface area (Å²) in [5, 5.41) is 4.42. The molecule has 1 heterocycles. The zero-order valence-corrected chi connectivity index (χ0v) is 13.9. The highest BCUT2D eigenvalue weighted by atomic mass is 35.5. The highest BCUT2D eigenvalue weighted by Crippen LogP contribution is 2.38. The van der Waals surface area contributed by atoms with Gasteiger partial charge in [-0.05, 0) is 29.8 Å². The molecule has 0 aliphatic carbocycles. The van der Waals surface area contributed by atoms with Crippen LogP contribution in [0, 0.1) is 0 Å². The molecule has 2 aromatic carbocycles. The number of oxime groups is 1. The lowest BCUT2D eigenvalue weighted by Crippen LogP contribution is -2.16. The molecule has 0 unspecified atom stereocenters. The van der Waals surface area contributed by atoms with Gasteiger partial charge in [0.25, 0.3) is 0 Å². The number of halogens is 1. The Morgan fingerprint density at radius 3 is 2.88 bits per heavy atom. The molecule has 0 atom stereocenters. The third kappa shape index (κ3) is 3.49. The second kappa shape index (κ2) is 7.31. The van der Waals surface area contributed by atoms with Gasteiger partial charge in [-0.25, -0.2) is 0 Å². The van der Waals surface area contributed by atoms with E-state index in [-0.39, 0.29) is 12.4 Å². The van der Waals surface area contributed by atoms with E-state index in [4.69, 9.17) is 36.4 Å². The lowest BCUT2D eigenvalue weighted by atomic mass is 10.2. The first-order valence-electron chi connectivity index (χ1n) is 7.36. The van der Waals surface area contributed by atoms with Crippen LogP contribution in [0.5, 0.6) is 17.2 Å². The van der Waals surface area contributed by atoms with Crippen LogP contribution in [0.25, 0.3) is 0 Å². The summed E-state index contributed by atoms with van der Waals surface area (Å²) in [6.07, 6.45) is 0. The minimum atomic E-state index is 0.201. The Hall–Kier alpha value is -2.60. The van der Waals surface area contributed by atoms with Crippen molar-refractivity contribution in [3.63, 3.8) is 0 Å². The minimum absolute atomic E-state index is 0.201. The molecular formula is C17H17ClN2O4. The molecule has 0 amide bonds. The average molecular weight is 349 g/mol. The van der Waals surface area contributed by atoms with Crippen molar-refractivity contribution in [2.45, 2.75) is 6.61 Å². The number of hydrogen-bond donors (Lipinski definition) is 1. The third-order valence-electron chi connectivity index (χ3n) is 3.43. The van der Waals surface area contributed by atoms with Gasteiger partial charge in [0.05, 0.1) is 17.7 Å². The maximum Gasteiger partial charge on any atom is 0.179 e. The summed E-state index contributed by atoms with van der Waals surface area (Å²) in [5.41, 5.74) is 7.42. The molecule has 2 N–H and O–H groups in total. The van der Waals surface area contributed by atoms with E-state index in [9.17, 15) is 0 Å². The largest absolute Gasteiger partial charge is 0.496 e. The molecule has 24 heavy (non-hydrogen) atoms. The zero-order chi connectivity index (χ0) is 16.9. The number of ether oxygens (including phenoxy) is 3. The Morgan fingerprint density at radius 1 is 1.25 bits per heavy atom. The number of rotatable bonds is 5. The molecule has 0 saturated carbocycles. The number of amidine groups is 1. The highest BCUT2D eigenvalue weighted by Gasteiger charge is 2.16. The molecule has 126 valence electrons. The standard InChI is InChI=1S/C17H17ClN2O4/c1-21-14-5-3-2-4-12(14)17(19)20-24-10-11-8-13(18)16-15(9-11)22-6-7-23-16/h2-5,8-9H,6-7,10H2,1H3,(H2,19,20). The van der Waals surface area contributed by atoms with Gasteiger partial charge in [0.2, 0.25) is 0 Å². The number of nitrogens with two attached hydrogens (primary N) is 1. The van der Waals surface area contributed by atoms with Gasteiger partial charge in [-0.2, -0.15) is 0 Å². The van der Waals surface area contributed by atoms with Crippen LogP contribution in [-0.2, 0) is 11.4 Å². The first kappa shape index (κ1) is 16.3. The van der Waals surface area contributed by atoms with E-state index in [1.165, 1.54) is 0 Å². The van der Waals surface area contributed by atoms with Gasteiger partial charge in [0.1, 0.15) is 25.6 Å². The van der Waals surface area contributed by atoms with Crippen LogP contribution >= 0.6 is 11.6 Å². The van der Waals surface area contributed by atoms with Crippen molar-refractivity contribution in [2.75, 3.05) is 20.3 Å². The van der Waals surface area contributed by atoms with E-state index in [1.54, 1.807) is 19.2 Å². The number of benzene rings is 2. The van der Waals surface area contributed by atoms with E-state index in [2.05, 4.69) is 5.16 Å². The van der Waals surface area contributed by atoms with Crippen molar-refractivity contribution in [3.05, 3.63) is 52.5 Å². The molecule has 0 bridgehead atoms. The Balaban J connectivity index is 1.71. The molecule has 3 rings (SSSR count). The monoisotopic (exact) mass is 348 g/mol. The third-order valence-corrected chi connectivity index (χ3v) is 3.71. The maximum atomic E-state index is 6.19. The average Bonchev–Trinajstić information content (AvgIpc) is 2.61. The minimum Gasteiger partial charge on any atom is -0.496 e. The summed E-state index contributed by atoms with van der Waals surface area (Å²) in [5.74, 6) is 2.03. The second-order valence-electron chi connectivity index (χ2n) is 5.05. The molecule has 2 aromatic rings. The summed E-state index contributed by atoms with van der Waals surface area (Å²) in [6.45, 7) is 1.18.